The molecule has 17 heavy (non-hydrogen) atoms. The molecule has 2 heteroatoms. The molecule has 0 aliphatic carbocycles. The maximum atomic E-state index is 6.20. The van der Waals surface area contributed by atoms with Crippen LogP contribution in [0.4, 0.5) is 0 Å². The van der Waals surface area contributed by atoms with E-state index in [1.165, 1.54) is 11.1 Å². The zero-order valence-electron chi connectivity index (χ0n) is 11.2. The number of hydrogen-bond donors (Lipinski definition) is 1. The van der Waals surface area contributed by atoms with E-state index in [1.54, 1.807) is 0 Å². The molecular formula is C15H24N2. The van der Waals surface area contributed by atoms with Gasteiger partial charge in [-0.1, -0.05) is 24.3 Å². The number of likely N-dealkylation sites (tertiary alicyclic amines) is 1. The van der Waals surface area contributed by atoms with Crippen LogP contribution in [0.15, 0.2) is 24.3 Å². The fourth-order valence-electron chi connectivity index (χ4n) is 2.87. The van der Waals surface area contributed by atoms with Gasteiger partial charge in [-0.2, -0.15) is 0 Å². The first-order valence-corrected chi connectivity index (χ1v) is 6.63. The Morgan fingerprint density at radius 3 is 2.59 bits per heavy atom. The monoisotopic (exact) mass is 232 g/mol. The average Bonchev–Trinajstić information content (AvgIpc) is 2.28. The van der Waals surface area contributed by atoms with E-state index in [9.17, 15) is 0 Å². The summed E-state index contributed by atoms with van der Waals surface area (Å²) in [5.74, 6) is 0.599. The molecule has 2 atom stereocenters. The lowest BCUT2D eigenvalue weighted by molar-refractivity contribution is 0.151. The van der Waals surface area contributed by atoms with Crippen LogP contribution in [0, 0.1) is 6.92 Å². The van der Waals surface area contributed by atoms with E-state index < -0.39 is 0 Å². The minimum Gasteiger partial charge on any atom is -0.327 e. The van der Waals surface area contributed by atoms with Gasteiger partial charge >= 0.3 is 0 Å². The summed E-state index contributed by atoms with van der Waals surface area (Å²) in [6.45, 7) is 8.91. The second kappa shape index (κ2) is 5.19. The minimum absolute atomic E-state index is 0.316. The summed E-state index contributed by atoms with van der Waals surface area (Å²) in [7, 11) is 0. The summed E-state index contributed by atoms with van der Waals surface area (Å²) in [5, 5.41) is 0. The van der Waals surface area contributed by atoms with Crippen molar-refractivity contribution in [1.82, 2.24) is 4.90 Å². The molecule has 0 spiro atoms. The third-order valence-electron chi connectivity index (χ3n) is 3.87. The Morgan fingerprint density at radius 2 is 1.94 bits per heavy atom. The second-order valence-electron chi connectivity index (χ2n) is 5.60. The van der Waals surface area contributed by atoms with Crippen LogP contribution < -0.4 is 5.73 Å². The molecule has 1 saturated heterocycles. The van der Waals surface area contributed by atoms with Crippen molar-refractivity contribution in [3.05, 3.63) is 35.4 Å². The molecule has 2 nitrogen and oxygen atoms in total. The van der Waals surface area contributed by atoms with Gasteiger partial charge in [0.2, 0.25) is 0 Å². The minimum atomic E-state index is 0.316. The van der Waals surface area contributed by atoms with Crippen molar-refractivity contribution < 1.29 is 0 Å². The predicted molar refractivity (Wildman–Crippen MR) is 73.2 cm³/mol. The van der Waals surface area contributed by atoms with Gasteiger partial charge in [-0.05, 0) is 44.2 Å². The number of aryl methyl sites for hydroxylation is 1. The Hall–Kier alpha value is -0.860. The van der Waals surface area contributed by atoms with Crippen LogP contribution in [0.2, 0.25) is 0 Å². The number of nitrogens with two attached hydrogens (primary N) is 1. The summed E-state index contributed by atoms with van der Waals surface area (Å²) in [5.41, 5.74) is 9.08. The lowest BCUT2D eigenvalue weighted by atomic mass is 9.85. The molecule has 0 amide bonds. The summed E-state index contributed by atoms with van der Waals surface area (Å²) < 4.78 is 0. The zero-order chi connectivity index (χ0) is 12.4. The Bertz CT molecular complexity index is 373. The van der Waals surface area contributed by atoms with Crippen molar-refractivity contribution in [2.45, 2.75) is 45.2 Å². The third-order valence-corrected chi connectivity index (χ3v) is 3.87. The van der Waals surface area contributed by atoms with Gasteiger partial charge in [-0.15, -0.1) is 0 Å². The van der Waals surface area contributed by atoms with Crippen LogP contribution in [0.25, 0.3) is 0 Å². The summed E-state index contributed by atoms with van der Waals surface area (Å²) in [6.07, 6.45) is 1.12. The zero-order valence-corrected chi connectivity index (χ0v) is 11.2. The van der Waals surface area contributed by atoms with Crippen molar-refractivity contribution in [3.63, 3.8) is 0 Å². The van der Waals surface area contributed by atoms with Gasteiger partial charge in [0, 0.05) is 25.2 Å². The van der Waals surface area contributed by atoms with Gasteiger partial charge in [0.1, 0.15) is 0 Å². The van der Waals surface area contributed by atoms with Gasteiger partial charge in [0.15, 0.2) is 0 Å². The van der Waals surface area contributed by atoms with Crippen molar-refractivity contribution >= 4 is 0 Å². The molecular weight excluding hydrogens is 208 g/mol. The Morgan fingerprint density at radius 1 is 1.24 bits per heavy atom. The number of benzene rings is 1. The van der Waals surface area contributed by atoms with Crippen LogP contribution >= 0.6 is 0 Å². The highest BCUT2D eigenvalue weighted by atomic mass is 15.2. The standard InChI is InChI=1S/C15H24N2/c1-11(2)17-9-13(8-14(16)10-17)15-7-5-4-6-12(15)3/h4-7,11,13-14H,8-10,16H2,1-3H3. The molecule has 1 heterocycles. The number of rotatable bonds is 2. The SMILES string of the molecule is Cc1ccccc1C1CC(N)CN(C(C)C)C1. The van der Waals surface area contributed by atoms with Gasteiger partial charge in [-0.3, -0.25) is 4.90 Å². The third kappa shape index (κ3) is 2.88. The number of piperidine rings is 1. The topological polar surface area (TPSA) is 29.3 Å². The molecule has 0 bridgehead atoms. The maximum Gasteiger partial charge on any atom is 0.0174 e. The first kappa shape index (κ1) is 12.6. The highest BCUT2D eigenvalue weighted by molar-refractivity contribution is 5.30. The van der Waals surface area contributed by atoms with E-state index in [-0.39, 0.29) is 0 Å². The summed E-state index contributed by atoms with van der Waals surface area (Å²) in [6, 6.07) is 9.62. The largest absolute Gasteiger partial charge is 0.327 e. The average molecular weight is 232 g/mol. The van der Waals surface area contributed by atoms with Crippen molar-refractivity contribution in [2.75, 3.05) is 13.1 Å². The molecule has 2 unspecified atom stereocenters. The predicted octanol–water partition coefficient (Wildman–Crippen LogP) is 2.52. The molecule has 1 fully saturated rings. The molecule has 1 aliphatic rings. The molecule has 1 aromatic rings. The van der Waals surface area contributed by atoms with Gasteiger partial charge in [0.25, 0.3) is 0 Å². The van der Waals surface area contributed by atoms with E-state index in [1.807, 2.05) is 0 Å². The van der Waals surface area contributed by atoms with Gasteiger partial charge < -0.3 is 5.73 Å². The molecule has 0 saturated carbocycles. The van der Waals surface area contributed by atoms with Crippen LogP contribution in [-0.4, -0.2) is 30.1 Å². The van der Waals surface area contributed by atoms with Crippen LogP contribution in [0.5, 0.6) is 0 Å². The van der Waals surface area contributed by atoms with Crippen molar-refractivity contribution in [1.29, 1.82) is 0 Å². The van der Waals surface area contributed by atoms with Crippen LogP contribution in [0.1, 0.15) is 37.3 Å². The van der Waals surface area contributed by atoms with E-state index in [2.05, 4.69) is 49.9 Å². The van der Waals surface area contributed by atoms with Crippen LogP contribution in [-0.2, 0) is 0 Å². The fourth-order valence-corrected chi connectivity index (χ4v) is 2.87. The van der Waals surface area contributed by atoms with E-state index in [4.69, 9.17) is 5.73 Å². The fraction of sp³-hybridized carbons (Fsp3) is 0.600. The first-order valence-electron chi connectivity index (χ1n) is 6.63. The van der Waals surface area contributed by atoms with Crippen LogP contribution in [0.3, 0.4) is 0 Å². The van der Waals surface area contributed by atoms with Gasteiger partial charge in [0.05, 0.1) is 0 Å². The molecule has 94 valence electrons. The lowest BCUT2D eigenvalue weighted by Crippen LogP contribution is -2.48. The molecule has 1 aliphatic heterocycles. The normalized spacial score (nSPS) is 26.4. The maximum absolute atomic E-state index is 6.20. The quantitative estimate of drug-likeness (QED) is 0.849. The van der Waals surface area contributed by atoms with Crippen molar-refractivity contribution in [2.24, 2.45) is 5.73 Å². The molecule has 2 N–H and O–H groups in total. The number of hydrogen-bond acceptors (Lipinski definition) is 2. The summed E-state index contributed by atoms with van der Waals surface area (Å²) >= 11 is 0. The molecule has 0 aromatic heterocycles. The first-order chi connectivity index (χ1) is 8.08. The van der Waals surface area contributed by atoms with E-state index in [0.717, 1.165) is 19.5 Å². The Kier molecular flexibility index (Phi) is 3.85. The number of nitrogens with zero attached hydrogens (tertiary/aromatic N) is 1. The summed E-state index contributed by atoms with van der Waals surface area (Å²) in [4.78, 5) is 2.51. The lowest BCUT2D eigenvalue weighted by Gasteiger charge is -2.39. The highest BCUT2D eigenvalue weighted by Gasteiger charge is 2.27. The second-order valence-corrected chi connectivity index (χ2v) is 5.60. The van der Waals surface area contributed by atoms with Crippen molar-refractivity contribution in [3.8, 4) is 0 Å². The smallest absolute Gasteiger partial charge is 0.0174 e. The van der Waals surface area contributed by atoms with E-state index >= 15 is 0 Å². The van der Waals surface area contributed by atoms with E-state index in [0.29, 0.717) is 18.0 Å². The molecule has 2 rings (SSSR count). The Balaban J connectivity index is 2.18. The van der Waals surface area contributed by atoms with Gasteiger partial charge in [-0.25, -0.2) is 0 Å². The molecule has 1 aromatic carbocycles. The highest BCUT2D eigenvalue weighted by Crippen LogP contribution is 2.29. The molecule has 0 radical (unpaired) electrons. The Labute approximate surface area is 105 Å².